The van der Waals surface area contributed by atoms with Gasteiger partial charge < -0.3 is 10.2 Å². The van der Waals surface area contributed by atoms with Crippen LogP contribution in [0.5, 0.6) is 0 Å². The summed E-state index contributed by atoms with van der Waals surface area (Å²) in [5.74, 6) is 0.910. The Morgan fingerprint density at radius 2 is 1.49 bits per heavy atom. The van der Waals surface area contributed by atoms with Crippen LogP contribution in [0.3, 0.4) is 0 Å². The van der Waals surface area contributed by atoms with Crippen molar-refractivity contribution in [2.75, 3.05) is 5.75 Å². The smallest absolute Gasteiger partial charge is 0.243 e. The molecule has 0 fully saturated rings. The number of amides is 2. The van der Waals surface area contributed by atoms with Crippen LogP contribution in [0.25, 0.3) is 0 Å². The summed E-state index contributed by atoms with van der Waals surface area (Å²) in [6.45, 7) is 4.43. The van der Waals surface area contributed by atoms with E-state index in [-0.39, 0.29) is 17.9 Å². The van der Waals surface area contributed by atoms with Crippen LogP contribution in [-0.2, 0) is 28.3 Å². The van der Waals surface area contributed by atoms with Gasteiger partial charge in [0.05, 0.1) is 5.75 Å². The van der Waals surface area contributed by atoms with Crippen molar-refractivity contribution in [2.45, 2.75) is 51.1 Å². The molecule has 2 amide bonds. The molecule has 0 aliphatic carbocycles. The number of halogens is 1. The molecule has 0 unspecified atom stereocenters. The number of carbonyl (C=O) groups is 2. The van der Waals surface area contributed by atoms with E-state index < -0.39 is 6.04 Å². The highest BCUT2D eigenvalue weighted by molar-refractivity contribution is 9.10. The third kappa shape index (κ3) is 8.86. The van der Waals surface area contributed by atoms with E-state index >= 15 is 0 Å². The topological polar surface area (TPSA) is 49.4 Å². The molecular weight excluding hydrogens is 520 g/mol. The molecule has 0 heterocycles. The van der Waals surface area contributed by atoms with Gasteiger partial charge in [-0.1, -0.05) is 95.7 Å². The van der Waals surface area contributed by atoms with Gasteiger partial charge >= 0.3 is 0 Å². The predicted molar refractivity (Wildman–Crippen MR) is 149 cm³/mol. The maximum atomic E-state index is 13.6. The molecule has 1 N–H and O–H groups in total. The van der Waals surface area contributed by atoms with E-state index in [4.69, 9.17) is 0 Å². The fourth-order valence-corrected chi connectivity index (χ4v) is 4.83. The van der Waals surface area contributed by atoms with Gasteiger partial charge in [-0.25, -0.2) is 0 Å². The highest BCUT2D eigenvalue weighted by Gasteiger charge is 2.30. The standard InChI is InChI=1S/C29H33BrN2O2S/c1-3-22(2)31-29(34)27(18-23-10-6-4-7-11-23)32(19-24-12-8-5-9-13-24)28(33)21-35-20-25-14-16-26(30)17-15-25/h4-17,22,27H,3,18-21H2,1-2H3,(H,31,34)/t22-,27+/m0/s1. The average Bonchev–Trinajstić information content (AvgIpc) is 2.88. The summed E-state index contributed by atoms with van der Waals surface area (Å²) < 4.78 is 1.03. The van der Waals surface area contributed by atoms with Crippen LogP contribution < -0.4 is 5.32 Å². The van der Waals surface area contributed by atoms with Crippen LogP contribution in [0.15, 0.2) is 89.4 Å². The number of carbonyl (C=O) groups excluding carboxylic acids is 2. The molecule has 0 spiro atoms. The van der Waals surface area contributed by atoms with Crippen molar-refractivity contribution < 1.29 is 9.59 Å². The maximum absolute atomic E-state index is 13.6. The number of hydrogen-bond acceptors (Lipinski definition) is 3. The zero-order chi connectivity index (χ0) is 25.0. The normalized spacial score (nSPS) is 12.5. The van der Waals surface area contributed by atoms with Crippen LogP contribution in [-0.4, -0.2) is 34.6 Å². The molecule has 0 aliphatic rings. The molecule has 6 heteroatoms. The first kappa shape index (κ1) is 27.0. The first-order valence-corrected chi connectivity index (χ1v) is 13.9. The Bertz CT molecular complexity index is 1060. The predicted octanol–water partition coefficient (Wildman–Crippen LogP) is 6.24. The van der Waals surface area contributed by atoms with E-state index in [1.54, 1.807) is 16.7 Å². The first-order valence-electron chi connectivity index (χ1n) is 12.0. The Kier molecular flexibility index (Phi) is 10.9. The van der Waals surface area contributed by atoms with Gasteiger partial charge in [0.15, 0.2) is 0 Å². The monoisotopic (exact) mass is 552 g/mol. The van der Waals surface area contributed by atoms with Gasteiger partial charge in [-0.15, -0.1) is 11.8 Å². The van der Waals surface area contributed by atoms with Crippen molar-refractivity contribution in [2.24, 2.45) is 0 Å². The molecule has 4 nitrogen and oxygen atoms in total. The zero-order valence-corrected chi connectivity index (χ0v) is 22.7. The van der Waals surface area contributed by atoms with Crippen LogP contribution in [0.2, 0.25) is 0 Å². The molecule has 0 saturated heterocycles. The lowest BCUT2D eigenvalue weighted by Crippen LogP contribution is -2.52. The third-order valence-corrected chi connectivity index (χ3v) is 7.39. The molecular formula is C29H33BrN2O2S. The SMILES string of the molecule is CC[C@H](C)NC(=O)[C@@H](Cc1ccccc1)N(Cc1ccccc1)C(=O)CSCc1ccc(Br)cc1. The van der Waals surface area contributed by atoms with E-state index in [2.05, 4.69) is 33.4 Å². The van der Waals surface area contributed by atoms with E-state index in [9.17, 15) is 9.59 Å². The highest BCUT2D eigenvalue weighted by atomic mass is 79.9. The van der Waals surface area contributed by atoms with Gasteiger partial charge in [0, 0.05) is 29.2 Å². The van der Waals surface area contributed by atoms with Gasteiger partial charge in [0.1, 0.15) is 6.04 Å². The quantitative estimate of drug-likeness (QED) is 0.289. The summed E-state index contributed by atoms with van der Waals surface area (Å²) in [6.07, 6.45) is 1.30. The number of rotatable bonds is 12. The number of benzene rings is 3. The molecule has 0 radical (unpaired) electrons. The summed E-state index contributed by atoms with van der Waals surface area (Å²) in [7, 11) is 0. The van der Waals surface area contributed by atoms with Crippen LogP contribution >= 0.6 is 27.7 Å². The number of hydrogen-bond donors (Lipinski definition) is 1. The van der Waals surface area contributed by atoms with Gasteiger partial charge in [-0.3, -0.25) is 9.59 Å². The molecule has 3 rings (SSSR count). The average molecular weight is 554 g/mol. The summed E-state index contributed by atoms with van der Waals surface area (Å²) in [6, 6.07) is 27.4. The minimum Gasteiger partial charge on any atom is -0.352 e. The fourth-order valence-electron chi connectivity index (χ4n) is 3.69. The van der Waals surface area contributed by atoms with Gasteiger partial charge in [-0.2, -0.15) is 0 Å². The summed E-state index contributed by atoms with van der Waals surface area (Å²) in [4.78, 5) is 28.8. The van der Waals surface area contributed by atoms with Gasteiger partial charge in [-0.05, 0) is 42.2 Å². The minimum atomic E-state index is -0.590. The Morgan fingerprint density at radius 1 is 0.886 bits per heavy atom. The van der Waals surface area contributed by atoms with Crippen molar-refractivity contribution in [1.82, 2.24) is 10.2 Å². The summed E-state index contributed by atoms with van der Waals surface area (Å²) in [5, 5.41) is 3.11. The lowest BCUT2D eigenvalue weighted by atomic mass is 10.0. The van der Waals surface area contributed by atoms with Crippen molar-refractivity contribution >= 4 is 39.5 Å². The molecule has 0 saturated carbocycles. The molecule has 3 aromatic carbocycles. The van der Waals surface area contributed by atoms with Gasteiger partial charge in [0.25, 0.3) is 0 Å². The number of thioether (sulfide) groups is 1. The van der Waals surface area contributed by atoms with Crippen LogP contribution in [0.4, 0.5) is 0 Å². The van der Waals surface area contributed by atoms with E-state index in [1.807, 2.05) is 86.6 Å². The van der Waals surface area contributed by atoms with E-state index in [1.165, 1.54) is 0 Å². The second-order valence-electron chi connectivity index (χ2n) is 8.65. The van der Waals surface area contributed by atoms with E-state index in [0.717, 1.165) is 33.3 Å². The number of nitrogens with one attached hydrogen (secondary N) is 1. The minimum absolute atomic E-state index is 0.0313. The molecule has 0 aromatic heterocycles. The molecule has 0 aliphatic heterocycles. The molecule has 0 bridgehead atoms. The Balaban J connectivity index is 1.82. The first-order chi connectivity index (χ1) is 17.0. The molecule has 3 aromatic rings. The largest absolute Gasteiger partial charge is 0.352 e. The number of nitrogens with zero attached hydrogens (tertiary/aromatic N) is 1. The lowest BCUT2D eigenvalue weighted by Gasteiger charge is -2.32. The van der Waals surface area contributed by atoms with Crippen molar-refractivity contribution in [3.63, 3.8) is 0 Å². The lowest BCUT2D eigenvalue weighted by molar-refractivity contribution is -0.139. The zero-order valence-electron chi connectivity index (χ0n) is 20.3. The van der Waals surface area contributed by atoms with Gasteiger partial charge in [0.2, 0.25) is 11.8 Å². The summed E-state index contributed by atoms with van der Waals surface area (Å²) >= 11 is 5.04. The van der Waals surface area contributed by atoms with Crippen molar-refractivity contribution in [3.05, 3.63) is 106 Å². The Hall–Kier alpha value is -2.57. The van der Waals surface area contributed by atoms with E-state index in [0.29, 0.717) is 18.7 Å². The second kappa shape index (κ2) is 14.1. The Morgan fingerprint density at radius 3 is 2.09 bits per heavy atom. The van der Waals surface area contributed by atoms with Crippen molar-refractivity contribution in [1.29, 1.82) is 0 Å². The highest BCUT2D eigenvalue weighted by Crippen LogP contribution is 2.20. The Labute approximate surface area is 221 Å². The molecule has 35 heavy (non-hydrogen) atoms. The molecule has 184 valence electrons. The summed E-state index contributed by atoms with van der Waals surface area (Å²) in [5.41, 5.74) is 3.20. The third-order valence-electron chi connectivity index (χ3n) is 5.88. The molecule has 2 atom stereocenters. The second-order valence-corrected chi connectivity index (χ2v) is 10.6. The van der Waals surface area contributed by atoms with Crippen LogP contribution in [0, 0.1) is 0 Å². The maximum Gasteiger partial charge on any atom is 0.243 e. The van der Waals surface area contributed by atoms with Crippen LogP contribution in [0.1, 0.15) is 37.0 Å². The fraction of sp³-hybridized carbons (Fsp3) is 0.310. The van der Waals surface area contributed by atoms with Crippen molar-refractivity contribution in [3.8, 4) is 0 Å².